The molecule has 0 aromatic heterocycles. The minimum atomic E-state index is -0.0495. The van der Waals surface area contributed by atoms with Crippen molar-refractivity contribution >= 4 is 18.3 Å². The Morgan fingerprint density at radius 3 is 2.26 bits per heavy atom. The van der Waals surface area contributed by atoms with Gasteiger partial charge in [0, 0.05) is 25.2 Å². The number of hydrogen-bond donors (Lipinski definition) is 2. The lowest BCUT2D eigenvalue weighted by atomic mass is 10.1. The number of hydrogen-bond acceptors (Lipinski definition) is 3. The smallest absolute Gasteiger partial charge is 0.251 e. The van der Waals surface area contributed by atoms with Crippen LogP contribution >= 0.6 is 12.4 Å². The molecule has 4 nitrogen and oxygen atoms in total. The van der Waals surface area contributed by atoms with Crippen LogP contribution in [0.15, 0.2) is 48.5 Å². The maximum atomic E-state index is 12.3. The topological polar surface area (TPSA) is 58.4 Å². The summed E-state index contributed by atoms with van der Waals surface area (Å²) in [4.78, 5) is 14.9. The van der Waals surface area contributed by atoms with E-state index in [-0.39, 0.29) is 18.3 Å². The first-order valence-corrected chi connectivity index (χ1v) is 9.62. The highest BCUT2D eigenvalue weighted by Gasteiger charge is 2.10. The van der Waals surface area contributed by atoms with Gasteiger partial charge in [-0.05, 0) is 54.8 Å². The summed E-state index contributed by atoms with van der Waals surface area (Å²) in [7, 11) is 0. The van der Waals surface area contributed by atoms with E-state index in [0.717, 1.165) is 17.7 Å². The molecule has 2 aromatic rings. The van der Waals surface area contributed by atoms with Gasteiger partial charge in [0.1, 0.15) is 0 Å². The number of carbonyl (C=O) groups is 1. The molecular weight excluding hydrogens is 358 g/mol. The van der Waals surface area contributed by atoms with Crippen molar-refractivity contribution in [1.82, 2.24) is 10.2 Å². The van der Waals surface area contributed by atoms with Gasteiger partial charge < -0.3 is 11.1 Å². The highest BCUT2D eigenvalue weighted by molar-refractivity contribution is 5.94. The van der Waals surface area contributed by atoms with E-state index in [0.29, 0.717) is 18.7 Å². The van der Waals surface area contributed by atoms with Gasteiger partial charge in [0.25, 0.3) is 5.91 Å². The van der Waals surface area contributed by atoms with Crippen molar-refractivity contribution in [3.05, 3.63) is 70.8 Å². The first-order valence-electron chi connectivity index (χ1n) is 9.62. The maximum Gasteiger partial charge on any atom is 0.251 e. The van der Waals surface area contributed by atoms with Crippen molar-refractivity contribution in [3.63, 3.8) is 0 Å². The lowest BCUT2D eigenvalue weighted by molar-refractivity contribution is 0.0951. The lowest BCUT2D eigenvalue weighted by Gasteiger charge is -2.20. The van der Waals surface area contributed by atoms with Crippen LogP contribution in [0.1, 0.15) is 52.7 Å². The van der Waals surface area contributed by atoms with Crippen molar-refractivity contribution < 1.29 is 4.79 Å². The number of carbonyl (C=O) groups excluding carboxylic acids is 1. The highest BCUT2D eigenvalue weighted by Crippen LogP contribution is 2.14. The van der Waals surface area contributed by atoms with Gasteiger partial charge >= 0.3 is 0 Å². The number of amides is 1. The molecule has 0 saturated carbocycles. The third-order valence-corrected chi connectivity index (χ3v) is 5.00. The molecule has 146 valence electrons. The van der Waals surface area contributed by atoms with Crippen LogP contribution in [0.25, 0.3) is 0 Å². The third-order valence-electron chi connectivity index (χ3n) is 5.00. The SMILES string of the molecule is Cl.NCc1ccc(C(=O)NCc2cccc(CN3CCCCCC3)c2)cc1. The number of rotatable bonds is 6. The molecule has 1 saturated heterocycles. The molecule has 0 bridgehead atoms. The second-order valence-electron chi connectivity index (χ2n) is 7.09. The van der Waals surface area contributed by atoms with Gasteiger partial charge in [-0.1, -0.05) is 49.2 Å². The summed E-state index contributed by atoms with van der Waals surface area (Å²) in [6, 6.07) is 16.0. The Morgan fingerprint density at radius 2 is 1.59 bits per heavy atom. The van der Waals surface area contributed by atoms with Crippen LogP contribution in [0.4, 0.5) is 0 Å². The molecule has 0 unspecified atom stereocenters. The van der Waals surface area contributed by atoms with Gasteiger partial charge in [0.2, 0.25) is 0 Å². The Balaban J connectivity index is 0.00000261. The molecule has 3 N–H and O–H groups in total. The summed E-state index contributed by atoms with van der Waals surface area (Å²) < 4.78 is 0. The zero-order valence-corrected chi connectivity index (χ0v) is 16.6. The summed E-state index contributed by atoms with van der Waals surface area (Å²) in [5.74, 6) is -0.0495. The second-order valence-corrected chi connectivity index (χ2v) is 7.09. The van der Waals surface area contributed by atoms with Gasteiger partial charge in [0.15, 0.2) is 0 Å². The average Bonchev–Trinajstić information content (AvgIpc) is 2.95. The van der Waals surface area contributed by atoms with Gasteiger partial charge in [-0.15, -0.1) is 12.4 Å². The van der Waals surface area contributed by atoms with E-state index < -0.39 is 0 Å². The Bertz CT molecular complexity index is 710. The Hall–Kier alpha value is -1.88. The van der Waals surface area contributed by atoms with E-state index in [2.05, 4.69) is 34.5 Å². The number of nitrogens with two attached hydrogens (primary N) is 1. The van der Waals surface area contributed by atoms with Crippen molar-refractivity contribution in [3.8, 4) is 0 Å². The van der Waals surface area contributed by atoms with E-state index in [1.807, 2.05) is 24.3 Å². The number of halogens is 1. The van der Waals surface area contributed by atoms with Crippen LogP contribution in [-0.2, 0) is 19.6 Å². The van der Waals surface area contributed by atoms with E-state index in [1.54, 1.807) is 0 Å². The number of nitrogens with one attached hydrogen (secondary N) is 1. The third kappa shape index (κ3) is 6.65. The van der Waals surface area contributed by atoms with Crippen molar-refractivity contribution in [2.24, 2.45) is 5.73 Å². The standard InChI is InChI=1S/C22H29N3O.ClH/c23-15-18-8-10-21(11-9-18)22(26)24-16-19-6-5-7-20(14-19)17-25-12-3-1-2-4-13-25;/h5-11,14H,1-4,12-13,15-17,23H2,(H,24,26);1H. The lowest BCUT2D eigenvalue weighted by Crippen LogP contribution is -2.24. The summed E-state index contributed by atoms with van der Waals surface area (Å²) in [5, 5.41) is 3.01. The van der Waals surface area contributed by atoms with Gasteiger partial charge in [-0.2, -0.15) is 0 Å². The molecule has 2 aromatic carbocycles. The van der Waals surface area contributed by atoms with Crippen LogP contribution in [-0.4, -0.2) is 23.9 Å². The average molecular weight is 388 g/mol. The van der Waals surface area contributed by atoms with E-state index in [1.165, 1.54) is 44.3 Å². The molecule has 1 heterocycles. The van der Waals surface area contributed by atoms with Crippen LogP contribution in [0, 0.1) is 0 Å². The van der Waals surface area contributed by atoms with E-state index in [9.17, 15) is 4.79 Å². The van der Waals surface area contributed by atoms with E-state index in [4.69, 9.17) is 5.73 Å². The summed E-state index contributed by atoms with van der Waals surface area (Å²) in [6.45, 7) is 4.43. The van der Waals surface area contributed by atoms with Crippen LogP contribution in [0.3, 0.4) is 0 Å². The Morgan fingerprint density at radius 1 is 0.926 bits per heavy atom. The molecule has 1 amide bonds. The fourth-order valence-corrected chi connectivity index (χ4v) is 3.47. The molecule has 27 heavy (non-hydrogen) atoms. The highest BCUT2D eigenvalue weighted by atomic mass is 35.5. The molecule has 0 aliphatic carbocycles. The fraction of sp³-hybridized carbons (Fsp3) is 0.409. The molecule has 1 fully saturated rings. The van der Waals surface area contributed by atoms with E-state index >= 15 is 0 Å². The first-order chi connectivity index (χ1) is 12.7. The minimum Gasteiger partial charge on any atom is -0.348 e. The molecule has 1 aliphatic rings. The van der Waals surface area contributed by atoms with Gasteiger partial charge in [-0.3, -0.25) is 9.69 Å². The van der Waals surface area contributed by atoms with Crippen LogP contribution in [0.5, 0.6) is 0 Å². The molecule has 0 radical (unpaired) electrons. The van der Waals surface area contributed by atoms with Crippen LogP contribution < -0.4 is 11.1 Å². The molecule has 0 atom stereocenters. The maximum absolute atomic E-state index is 12.3. The quantitative estimate of drug-likeness (QED) is 0.790. The zero-order chi connectivity index (χ0) is 18.2. The molecular formula is C22H30ClN3O. The number of nitrogens with zero attached hydrogens (tertiary/aromatic N) is 1. The molecule has 5 heteroatoms. The zero-order valence-electron chi connectivity index (χ0n) is 15.8. The summed E-state index contributed by atoms with van der Waals surface area (Å²) in [5.41, 5.74) is 9.76. The number of benzene rings is 2. The molecule has 0 spiro atoms. The number of likely N-dealkylation sites (tertiary alicyclic amines) is 1. The summed E-state index contributed by atoms with van der Waals surface area (Å²) in [6.07, 6.45) is 5.32. The fourth-order valence-electron chi connectivity index (χ4n) is 3.47. The van der Waals surface area contributed by atoms with Crippen molar-refractivity contribution in [1.29, 1.82) is 0 Å². The normalized spacial score (nSPS) is 14.9. The van der Waals surface area contributed by atoms with Gasteiger partial charge in [0.05, 0.1) is 0 Å². The van der Waals surface area contributed by atoms with Crippen molar-refractivity contribution in [2.75, 3.05) is 13.1 Å². The Kier molecular flexibility index (Phi) is 8.79. The minimum absolute atomic E-state index is 0. The monoisotopic (exact) mass is 387 g/mol. The molecule has 3 rings (SSSR count). The first kappa shape index (κ1) is 21.4. The Labute approximate surface area is 168 Å². The predicted octanol–water partition coefficient (Wildman–Crippen LogP) is 3.87. The summed E-state index contributed by atoms with van der Waals surface area (Å²) >= 11 is 0. The molecule has 1 aliphatic heterocycles. The second kappa shape index (κ2) is 11.1. The van der Waals surface area contributed by atoms with Crippen LogP contribution in [0.2, 0.25) is 0 Å². The van der Waals surface area contributed by atoms with Crippen molar-refractivity contribution in [2.45, 2.75) is 45.3 Å². The largest absolute Gasteiger partial charge is 0.348 e. The van der Waals surface area contributed by atoms with Gasteiger partial charge in [-0.25, -0.2) is 0 Å². The predicted molar refractivity (Wildman–Crippen MR) is 113 cm³/mol.